The first-order valence-corrected chi connectivity index (χ1v) is 11.0. The van der Waals surface area contributed by atoms with Gasteiger partial charge in [0.1, 0.15) is 0 Å². The van der Waals surface area contributed by atoms with Gasteiger partial charge in [-0.1, -0.05) is 12.1 Å². The highest BCUT2D eigenvalue weighted by Gasteiger charge is 2.33. The van der Waals surface area contributed by atoms with Gasteiger partial charge >= 0.3 is 12.1 Å². The van der Waals surface area contributed by atoms with Gasteiger partial charge in [-0.05, 0) is 19.1 Å². The summed E-state index contributed by atoms with van der Waals surface area (Å²) in [6, 6.07) is 4.81. The molecule has 0 unspecified atom stereocenters. The Morgan fingerprint density at radius 2 is 1.76 bits per heavy atom. The Hall–Kier alpha value is -2.70. The maximum absolute atomic E-state index is 13.1. The Labute approximate surface area is 196 Å². The predicted octanol–water partition coefficient (Wildman–Crippen LogP) is 1.30. The van der Waals surface area contributed by atoms with Crippen molar-refractivity contribution >= 4 is 23.5 Å². The van der Waals surface area contributed by atoms with E-state index >= 15 is 0 Å². The largest absolute Gasteiger partial charge is 0.465 e. The Morgan fingerprint density at radius 1 is 1.09 bits per heavy atom. The molecular weight excluding hydrogens is 457 g/mol. The van der Waals surface area contributed by atoms with Crippen molar-refractivity contribution in [2.75, 3.05) is 78.0 Å². The van der Waals surface area contributed by atoms with Crippen molar-refractivity contribution in [3.8, 4) is 0 Å². The van der Waals surface area contributed by atoms with Gasteiger partial charge in [0.15, 0.2) is 0 Å². The fourth-order valence-electron chi connectivity index (χ4n) is 3.50. The minimum Gasteiger partial charge on any atom is -0.465 e. The number of piperazine rings is 1. The first kappa shape index (κ1) is 27.5. The van der Waals surface area contributed by atoms with Crippen LogP contribution in [0.4, 0.5) is 18.9 Å². The van der Waals surface area contributed by atoms with Crippen LogP contribution in [-0.2, 0) is 30.0 Å². The van der Waals surface area contributed by atoms with Gasteiger partial charge in [-0.3, -0.25) is 24.2 Å². The van der Waals surface area contributed by atoms with Crippen LogP contribution >= 0.6 is 0 Å². The molecule has 1 saturated heterocycles. The van der Waals surface area contributed by atoms with Gasteiger partial charge in [-0.25, -0.2) is 0 Å². The van der Waals surface area contributed by atoms with Crippen LogP contribution in [0.25, 0.3) is 0 Å². The monoisotopic (exact) mass is 488 g/mol. The number of ether oxygens (including phenoxy) is 2. The Bertz CT molecular complexity index is 829. The highest BCUT2D eigenvalue weighted by atomic mass is 19.4. The molecule has 0 spiro atoms. The number of rotatable bonds is 11. The highest BCUT2D eigenvalue weighted by Crippen LogP contribution is 2.34. The summed E-state index contributed by atoms with van der Waals surface area (Å²) in [6.45, 7) is 4.14. The molecule has 1 aromatic rings. The van der Waals surface area contributed by atoms with E-state index in [4.69, 9.17) is 9.47 Å². The lowest BCUT2D eigenvalue weighted by atomic mass is 10.1. The van der Waals surface area contributed by atoms with Gasteiger partial charge < -0.3 is 19.7 Å². The van der Waals surface area contributed by atoms with Gasteiger partial charge in [0.25, 0.3) is 0 Å². The molecule has 0 saturated carbocycles. The number of esters is 1. The summed E-state index contributed by atoms with van der Waals surface area (Å²) in [5.41, 5.74) is -1.19. The number of nitrogens with one attached hydrogen (secondary N) is 1. The topological polar surface area (TPSA) is 91.4 Å². The molecule has 1 aliphatic heterocycles. The van der Waals surface area contributed by atoms with Crippen molar-refractivity contribution < 1.29 is 37.0 Å². The summed E-state index contributed by atoms with van der Waals surface area (Å²) in [4.78, 5) is 41.9. The zero-order valence-electron chi connectivity index (χ0n) is 19.4. The maximum Gasteiger partial charge on any atom is 0.418 e. The number of benzene rings is 1. The van der Waals surface area contributed by atoms with Gasteiger partial charge in [-0.15, -0.1) is 0 Å². The summed E-state index contributed by atoms with van der Waals surface area (Å²) in [7, 11) is 1.53. The minimum atomic E-state index is -4.57. The molecule has 12 heteroatoms. The third kappa shape index (κ3) is 8.92. The van der Waals surface area contributed by atoms with Crippen molar-refractivity contribution in [3.05, 3.63) is 29.8 Å². The van der Waals surface area contributed by atoms with Crippen LogP contribution in [0.15, 0.2) is 24.3 Å². The number of carbonyl (C=O) groups is 3. The van der Waals surface area contributed by atoms with Crippen molar-refractivity contribution in [3.63, 3.8) is 0 Å². The van der Waals surface area contributed by atoms with Crippen LogP contribution in [0.3, 0.4) is 0 Å². The number of hydrogen-bond donors (Lipinski definition) is 1. The molecule has 9 nitrogen and oxygen atoms in total. The standard InChI is InChI=1S/C22H31F3N4O5/c1-3-34-21(32)16-28(12-13-33-2)15-20(31)29-10-8-27(9-11-29)14-19(30)26-18-7-5-4-6-17(18)22(23,24)25/h4-7H,3,8-16H2,1-2H3,(H,26,30). The second-order valence-corrected chi connectivity index (χ2v) is 7.76. The number of anilines is 1. The summed E-state index contributed by atoms with van der Waals surface area (Å²) >= 11 is 0. The van der Waals surface area contributed by atoms with Crippen LogP contribution in [0.5, 0.6) is 0 Å². The molecule has 34 heavy (non-hydrogen) atoms. The number of nitrogens with zero attached hydrogens (tertiary/aromatic N) is 3. The van der Waals surface area contributed by atoms with Crippen LogP contribution in [0.1, 0.15) is 12.5 Å². The lowest BCUT2D eigenvalue weighted by molar-refractivity contribution is -0.145. The molecular formula is C22H31F3N4O5. The second-order valence-electron chi connectivity index (χ2n) is 7.76. The number of methoxy groups -OCH3 is 1. The summed E-state index contributed by atoms with van der Waals surface area (Å²) in [5.74, 6) is -1.14. The normalized spacial score (nSPS) is 14.8. The van der Waals surface area contributed by atoms with Crippen molar-refractivity contribution in [1.82, 2.24) is 14.7 Å². The summed E-state index contributed by atoms with van der Waals surface area (Å²) < 4.78 is 49.3. The average Bonchev–Trinajstić information content (AvgIpc) is 2.77. The molecule has 1 N–H and O–H groups in total. The SMILES string of the molecule is CCOC(=O)CN(CCOC)CC(=O)N1CCN(CC(=O)Nc2ccccc2C(F)(F)F)CC1. The molecule has 0 atom stereocenters. The molecule has 1 fully saturated rings. The molecule has 0 radical (unpaired) electrons. The zero-order valence-corrected chi connectivity index (χ0v) is 19.4. The van der Waals surface area contributed by atoms with E-state index in [0.717, 1.165) is 6.07 Å². The molecule has 2 amide bonds. The smallest absolute Gasteiger partial charge is 0.418 e. The molecule has 1 heterocycles. The fourth-order valence-corrected chi connectivity index (χ4v) is 3.50. The first-order chi connectivity index (χ1) is 16.1. The maximum atomic E-state index is 13.1. The summed E-state index contributed by atoms with van der Waals surface area (Å²) in [6.07, 6.45) is -4.57. The minimum absolute atomic E-state index is 0.0247. The van der Waals surface area contributed by atoms with Crippen LogP contribution in [0, 0.1) is 0 Å². The third-order valence-electron chi connectivity index (χ3n) is 5.23. The van der Waals surface area contributed by atoms with Crippen molar-refractivity contribution in [2.45, 2.75) is 13.1 Å². The molecule has 1 aromatic carbocycles. The fraction of sp³-hybridized carbons (Fsp3) is 0.591. The van der Waals surface area contributed by atoms with E-state index in [1.807, 2.05) is 0 Å². The average molecular weight is 489 g/mol. The number of amides is 2. The Balaban J connectivity index is 1.83. The second kappa shape index (κ2) is 13.3. The third-order valence-corrected chi connectivity index (χ3v) is 5.23. The van der Waals surface area contributed by atoms with Crippen LogP contribution in [0.2, 0.25) is 0 Å². The number of hydrogen-bond acceptors (Lipinski definition) is 7. The number of para-hydroxylation sites is 1. The molecule has 1 aliphatic rings. The summed E-state index contributed by atoms with van der Waals surface area (Å²) in [5, 5.41) is 2.33. The van der Waals surface area contributed by atoms with E-state index < -0.39 is 23.6 Å². The Kier molecular flexibility index (Phi) is 10.7. The van der Waals surface area contributed by atoms with Gasteiger partial charge in [0, 0.05) is 39.8 Å². The Morgan fingerprint density at radius 3 is 2.38 bits per heavy atom. The molecule has 0 aromatic heterocycles. The number of halogens is 3. The molecule has 2 rings (SSSR count). The lowest BCUT2D eigenvalue weighted by Crippen LogP contribution is -2.53. The van der Waals surface area contributed by atoms with Crippen LogP contribution < -0.4 is 5.32 Å². The molecule has 190 valence electrons. The van der Waals surface area contributed by atoms with E-state index in [0.29, 0.717) is 39.3 Å². The van der Waals surface area contributed by atoms with E-state index in [9.17, 15) is 27.6 Å². The van der Waals surface area contributed by atoms with Gasteiger partial charge in [-0.2, -0.15) is 13.2 Å². The first-order valence-electron chi connectivity index (χ1n) is 11.0. The van der Waals surface area contributed by atoms with Crippen molar-refractivity contribution in [2.24, 2.45) is 0 Å². The predicted molar refractivity (Wildman–Crippen MR) is 118 cm³/mol. The lowest BCUT2D eigenvalue weighted by Gasteiger charge is -2.35. The zero-order chi connectivity index (χ0) is 25.1. The van der Waals surface area contributed by atoms with Crippen LogP contribution in [-0.4, -0.2) is 105 Å². The van der Waals surface area contributed by atoms with E-state index in [1.165, 1.54) is 25.3 Å². The van der Waals surface area contributed by atoms with E-state index in [-0.39, 0.29) is 37.8 Å². The molecule has 0 bridgehead atoms. The van der Waals surface area contributed by atoms with Gasteiger partial charge in [0.05, 0.1) is 44.1 Å². The number of alkyl halides is 3. The van der Waals surface area contributed by atoms with E-state index in [2.05, 4.69) is 5.32 Å². The van der Waals surface area contributed by atoms with Crippen molar-refractivity contribution in [1.29, 1.82) is 0 Å². The van der Waals surface area contributed by atoms with E-state index in [1.54, 1.807) is 21.6 Å². The quantitative estimate of drug-likeness (QED) is 0.470. The van der Waals surface area contributed by atoms with Gasteiger partial charge in [0.2, 0.25) is 11.8 Å². The number of carbonyl (C=O) groups excluding carboxylic acids is 3. The highest BCUT2D eigenvalue weighted by molar-refractivity contribution is 5.93. The molecule has 0 aliphatic carbocycles.